The molecule has 2 heterocycles. The number of hydrogen-bond donors (Lipinski definition) is 0. The van der Waals surface area contributed by atoms with Gasteiger partial charge in [-0.15, -0.1) is 0 Å². The van der Waals surface area contributed by atoms with Crippen molar-refractivity contribution in [3.05, 3.63) is 322 Å². The molecule has 0 aromatic heterocycles. The maximum absolute atomic E-state index is 2.59. The highest BCUT2D eigenvalue weighted by Crippen LogP contribution is 2.53. The monoisotopic (exact) mass is 1030 g/mol. The van der Waals surface area contributed by atoms with Gasteiger partial charge in [0.1, 0.15) is 0 Å². The molecule has 0 fully saturated rings. The standard InChI is InChI=1S/C78H53BN2/c1-5-26-54(27-6-1)62-38-13-15-40-64(62)58-34-21-36-60(52-58)68-44-23-42-66(56-30-9-3-10-31-56)77(68)80-72-48-19-17-46-70(72)79-71-47-18-20-49-73(71)81(75-51-25-50-74(80)76(75)79)78-67(57-32-11-4-12-33-57)43-24-45-69(78)61-37-22-35-59(53-61)65-41-16-14-39-63(65)55-28-7-2-8-29-55/h1-53H. The Hall–Kier alpha value is -10.5. The number of para-hydroxylation sites is 4. The third kappa shape index (κ3) is 8.29. The number of anilines is 6. The molecule has 0 amide bonds. The van der Waals surface area contributed by atoms with Crippen LogP contribution in [0.4, 0.5) is 34.1 Å². The summed E-state index contributed by atoms with van der Waals surface area (Å²) in [5.41, 5.74) is 29.5. The summed E-state index contributed by atoms with van der Waals surface area (Å²) in [5.74, 6) is 0. The first-order chi connectivity index (χ1) is 40.2. The fourth-order valence-corrected chi connectivity index (χ4v) is 13.0. The number of rotatable bonds is 10. The van der Waals surface area contributed by atoms with E-state index < -0.39 is 0 Å². The van der Waals surface area contributed by atoms with Crippen LogP contribution in [0.15, 0.2) is 322 Å². The summed E-state index contributed by atoms with van der Waals surface area (Å²) in [5, 5.41) is 0. The lowest BCUT2D eigenvalue weighted by Crippen LogP contribution is -2.61. The Kier molecular flexibility index (Phi) is 12.0. The number of hydrogen-bond acceptors (Lipinski definition) is 2. The van der Waals surface area contributed by atoms with Crippen LogP contribution in [0.3, 0.4) is 0 Å². The molecule has 2 nitrogen and oxygen atoms in total. The van der Waals surface area contributed by atoms with Crippen LogP contribution in [0.25, 0.3) is 89.0 Å². The van der Waals surface area contributed by atoms with Gasteiger partial charge in [0, 0.05) is 45.0 Å². The van der Waals surface area contributed by atoms with Gasteiger partial charge in [-0.3, -0.25) is 0 Å². The molecule has 0 N–H and O–H groups in total. The van der Waals surface area contributed by atoms with E-state index in [0.29, 0.717) is 0 Å². The van der Waals surface area contributed by atoms with Crippen LogP contribution in [-0.4, -0.2) is 6.71 Å². The maximum Gasteiger partial charge on any atom is 0.252 e. The van der Waals surface area contributed by atoms with Crippen LogP contribution >= 0.6 is 0 Å². The van der Waals surface area contributed by atoms with Gasteiger partial charge in [0.05, 0.1) is 11.4 Å². The highest BCUT2D eigenvalue weighted by Gasteiger charge is 2.44. The molecule has 13 aromatic rings. The van der Waals surface area contributed by atoms with Crippen LogP contribution in [0.2, 0.25) is 0 Å². The molecular formula is C78H53BN2. The molecule has 0 atom stereocenters. The SMILES string of the molecule is c1ccc(-c2ccccc2-c2cccc(-c3cccc(-c4ccccc4)c3N3c4ccccc4B4c5ccccc5N(c5c(-c6ccccc6)cccc5-c5cccc(-c6ccccc6-c6ccccc6)c5)c5cccc3c54)c2)cc1. The summed E-state index contributed by atoms with van der Waals surface area (Å²) < 4.78 is 0. The number of fused-ring (bicyclic) bond motifs is 4. The van der Waals surface area contributed by atoms with Crippen molar-refractivity contribution in [2.45, 2.75) is 0 Å². The Bertz CT molecular complexity index is 4190. The van der Waals surface area contributed by atoms with Gasteiger partial charge in [-0.1, -0.05) is 285 Å². The van der Waals surface area contributed by atoms with E-state index in [4.69, 9.17) is 0 Å². The summed E-state index contributed by atoms with van der Waals surface area (Å²) in [4.78, 5) is 5.19. The minimum absolute atomic E-state index is 0.0496. The smallest absolute Gasteiger partial charge is 0.252 e. The third-order valence-electron chi connectivity index (χ3n) is 16.5. The van der Waals surface area contributed by atoms with Gasteiger partial charge in [0.25, 0.3) is 6.71 Å². The summed E-state index contributed by atoms with van der Waals surface area (Å²) in [7, 11) is 0. The average molecular weight is 1030 g/mol. The number of benzene rings is 13. The van der Waals surface area contributed by atoms with Crippen molar-refractivity contribution in [3.8, 4) is 89.0 Å². The fourth-order valence-electron chi connectivity index (χ4n) is 13.0. The molecule has 15 rings (SSSR count). The second-order valence-electron chi connectivity index (χ2n) is 21.1. The Morgan fingerprint density at radius 2 is 0.420 bits per heavy atom. The molecule has 13 aromatic carbocycles. The van der Waals surface area contributed by atoms with E-state index in [0.717, 1.165) is 67.3 Å². The van der Waals surface area contributed by atoms with Crippen molar-refractivity contribution in [3.63, 3.8) is 0 Å². The molecule has 2 aliphatic rings. The summed E-state index contributed by atoms with van der Waals surface area (Å²) >= 11 is 0. The predicted molar refractivity (Wildman–Crippen MR) is 344 cm³/mol. The Balaban J connectivity index is 0.970. The molecule has 0 saturated carbocycles. The van der Waals surface area contributed by atoms with Crippen molar-refractivity contribution >= 4 is 57.2 Å². The van der Waals surface area contributed by atoms with Crippen LogP contribution in [-0.2, 0) is 0 Å². The highest BCUT2D eigenvalue weighted by atomic mass is 15.2. The molecule has 0 bridgehead atoms. The van der Waals surface area contributed by atoms with Gasteiger partial charge in [0.2, 0.25) is 0 Å². The quantitative estimate of drug-likeness (QED) is 0.126. The summed E-state index contributed by atoms with van der Waals surface area (Å²) in [6.45, 7) is -0.0496. The van der Waals surface area contributed by atoms with E-state index in [1.54, 1.807) is 0 Å². The van der Waals surface area contributed by atoms with Crippen molar-refractivity contribution in [2.24, 2.45) is 0 Å². The lowest BCUT2D eigenvalue weighted by atomic mass is 9.33. The third-order valence-corrected chi connectivity index (χ3v) is 16.5. The number of nitrogens with zero attached hydrogens (tertiary/aromatic N) is 2. The fraction of sp³-hybridized carbons (Fsp3) is 0. The van der Waals surface area contributed by atoms with Crippen molar-refractivity contribution < 1.29 is 0 Å². The molecule has 0 aliphatic carbocycles. The first-order valence-electron chi connectivity index (χ1n) is 28.0. The zero-order valence-corrected chi connectivity index (χ0v) is 44.6. The zero-order chi connectivity index (χ0) is 53.6. The van der Waals surface area contributed by atoms with E-state index in [9.17, 15) is 0 Å². The van der Waals surface area contributed by atoms with Crippen LogP contribution in [0, 0.1) is 0 Å². The second kappa shape index (κ2) is 20.4. The lowest BCUT2D eigenvalue weighted by molar-refractivity contribution is 1.25. The van der Waals surface area contributed by atoms with Crippen molar-refractivity contribution in [1.82, 2.24) is 0 Å². The minimum Gasteiger partial charge on any atom is -0.310 e. The first-order valence-corrected chi connectivity index (χ1v) is 28.0. The highest BCUT2D eigenvalue weighted by molar-refractivity contribution is 7.00. The normalized spacial score (nSPS) is 12.1. The Labute approximate surface area is 474 Å². The van der Waals surface area contributed by atoms with Gasteiger partial charge in [0.15, 0.2) is 0 Å². The predicted octanol–water partition coefficient (Wildman–Crippen LogP) is 19.1. The molecule has 0 radical (unpaired) electrons. The van der Waals surface area contributed by atoms with Crippen LogP contribution in [0.5, 0.6) is 0 Å². The van der Waals surface area contributed by atoms with E-state index in [1.807, 2.05) is 0 Å². The van der Waals surface area contributed by atoms with Crippen molar-refractivity contribution in [1.29, 1.82) is 0 Å². The van der Waals surface area contributed by atoms with Crippen LogP contribution in [0.1, 0.15) is 0 Å². The summed E-state index contributed by atoms with van der Waals surface area (Å²) in [6.07, 6.45) is 0. The van der Waals surface area contributed by atoms with Gasteiger partial charge in [-0.05, 0) is 120 Å². The summed E-state index contributed by atoms with van der Waals surface area (Å²) in [6, 6.07) is 118. The first kappa shape index (κ1) is 47.7. The zero-order valence-electron chi connectivity index (χ0n) is 44.6. The van der Waals surface area contributed by atoms with E-state index in [2.05, 4.69) is 331 Å². The van der Waals surface area contributed by atoms with E-state index in [1.165, 1.54) is 72.3 Å². The molecule has 0 saturated heterocycles. The lowest BCUT2D eigenvalue weighted by Gasteiger charge is -2.45. The van der Waals surface area contributed by atoms with Gasteiger partial charge >= 0.3 is 0 Å². The van der Waals surface area contributed by atoms with E-state index >= 15 is 0 Å². The molecule has 0 unspecified atom stereocenters. The Morgan fingerprint density at radius 3 is 0.802 bits per heavy atom. The average Bonchev–Trinajstić information content (AvgIpc) is 3.71. The largest absolute Gasteiger partial charge is 0.310 e. The molecule has 2 aliphatic heterocycles. The molecule has 0 spiro atoms. The molecule has 378 valence electrons. The van der Waals surface area contributed by atoms with Gasteiger partial charge in [-0.2, -0.15) is 0 Å². The van der Waals surface area contributed by atoms with Gasteiger partial charge < -0.3 is 9.80 Å². The van der Waals surface area contributed by atoms with Crippen LogP contribution < -0.4 is 26.2 Å². The second-order valence-corrected chi connectivity index (χ2v) is 21.1. The van der Waals surface area contributed by atoms with Gasteiger partial charge in [-0.25, -0.2) is 0 Å². The molecule has 81 heavy (non-hydrogen) atoms. The van der Waals surface area contributed by atoms with E-state index in [-0.39, 0.29) is 6.71 Å². The minimum atomic E-state index is -0.0496. The molecular weight excluding hydrogens is 976 g/mol. The Morgan fingerprint density at radius 1 is 0.185 bits per heavy atom. The maximum atomic E-state index is 2.59. The van der Waals surface area contributed by atoms with Crippen molar-refractivity contribution in [2.75, 3.05) is 9.80 Å². The molecule has 3 heteroatoms. The topological polar surface area (TPSA) is 6.48 Å².